The Morgan fingerprint density at radius 2 is 2.00 bits per heavy atom. The molecule has 0 spiro atoms. The maximum Gasteiger partial charge on any atom is 0.0716 e. The van der Waals surface area contributed by atoms with E-state index in [1.807, 2.05) is 6.07 Å². The van der Waals surface area contributed by atoms with Gasteiger partial charge in [0, 0.05) is 25.6 Å². The van der Waals surface area contributed by atoms with E-state index in [1.165, 1.54) is 18.5 Å². The van der Waals surface area contributed by atoms with Gasteiger partial charge in [-0.25, -0.2) is 0 Å². The van der Waals surface area contributed by atoms with Crippen molar-refractivity contribution in [2.75, 3.05) is 26.2 Å². The Kier molecular flexibility index (Phi) is 4.71. The lowest BCUT2D eigenvalue weighted by atomic mass is 9.74. The van der Waals surface area contributed by atoms with Gasteiger partial charge in [0.1, 0.15) is 0 Å². The Morgan fingerprint density at radius 3 is 2.75 bits per heavy atom. The van der Waals surface area contributed by atoms with Crippen molar-refractivity contribution in [1.82, 2.24) is 4.90 Å². The zero-order chi connectivity index (χ0) is 13.8. The largest absolute Gasteiger partial charge is 0.393 e. The molecule has 1 aliphatic heterocycles. The van der Waals surface area contributed by atoms with E-state index >= 15 is 0 Å². The summed E-state index contributed by atoms with van der Waals surface area (Å²) >= 11 is 0. The van der Waals surface area contributed by atoms with Crippen LogP contribution in [0, 0.1) is 11.8 Å². The van der Waals surface area contributed by atoms with E-state index in [2.05, 4.69) is 29.2 Å². The summed E-state index contributed by atoms with van der Waals surface area (Å²) < 4.78 is 5.70. The summed E-state index contributed by atoms with van der Waals surface area (Å²) in [4.78, 5) is 2.52. The number of unbranched alkanes of at least 4 members (excludes halogenated alkanes) is 1. The third-order valence-corrected chi connectivity index (χ3v) is 4.73. The van der Waals surface area contributed by atoms with Crippen molar-refractivity contribution in [1.29, 1.82) is 0 Å². The van der Waals surface area contributed by atoms with E-state index in [0.29, 0.717) is 5.92 Å². The van der Waals surface area contributed by atoms with Gasteiger partial charge >= 0.3 is 0 Å². The summed E-state index contributed by atoms with van der Waals surface area (Å²) in [6, 6.07) is 10.3. The van der Waals surface area contributed by atoms with Crippen LogP contribution < -0.4 is 0 Å². The molecule has 3 heteroatoms. The Morgan fingerprint density at radius 1 is 1.15 bits per heavy atom. The smallest absolute Gasteiger partial charge is 0.0716 e. The predicted octanol–water partition coefficient (Wildman–Crippen LogP) is 2.30. The van der Waals surface area contributed by atoms with Gasteiger partial charge in [-0.2, -0.15) is 0 Å². The highest BCUT2D eigenvalue weighted by molar-refractivity contribution is 5.13. The van der Waals surface area contributed by atoms with Gasteiger partial charge in [-0.3, -0.25) is 0 Å². The second kappa shape index (κ2) is 6.70. The summed E-state index contributed by atoms with van der Waals surface area (Å²) in [5.74, 6) is 1.35. The first-order valence-corrected chi connectivity index (χ1v) is 7.85. The van der Waals surface area contributed by atoms with Gasteiger partial charge in [0.15, 0.2) is 0 Å². The van der Waals surface area contributed by atoms with Crippen LogP contribution in [0.1, 0.15) is 24.8 Å². The fraction of sp³-hybridized carbons (Fsp3) is 0.647. The van der Waals surface area contributed by atoms with E-state index in [9.17, 15) is 5.11 Å². The van der Waals surface area contributed by atoms with Crippen LogP contribution in [-0.4, -0.2) is 42.4 Å². The van der Waals surface area contributed by atoms with Crippen molar-refractivity contribution < 1.29 is 9.84 Å². The standard InChI is InChI=1S/C17H25NO2/c19-17-10-15-11-18(12-16(15)17)8-4-5-9-20-13-14-6-2-1-3-7-14/h1-3,6-7,15-17,19H,4-5,8-13H2/t15-,16+,17+/m1/s1. The Balaban J connectivity index is 1.23. The molecule has 1 aromatic carbocycles. The number of rotatable bonds is 7. The molecule has 0 aromatic heterocycles. The molecule has 3 nitrogen and oxygen atoms in total. The quantitative estimate of drug-likeness (QED) is 0.775. The first kappa shape index (κ1) is 14.1. The number of benzene rings is 1. The molecular formula is C17H25NO2. The SMILES string of the molecule is O[C@H]1C[C@@H]2CN(CCCCOCc3ccccc3)C[C@@H]21. The lowest BCUT2D eigenvalue weighted by Crippen LogP contribution is -2.39. The van der Waals surface area contributed by atoms with E-state index in [-0.39, 0.29) is 6.10 Å². The van der Waals surface area contributed by atoms with Gasteiger partial charge in [-0.05, 0) is 37.3 Å². The first-order valence-electron chi connectivity index (χ1n) is 7.85. The van der Waals surface area contributed by atoms with Crippen LogP contribution >= 0.6 is 0 Å². The number of hydrogen-bond acceptors (Lipinski definition) is 3. The monoisotopic (exact) mass is 275 g/mol. The van der Waals surface area contributed by atoms with Gasteiger partial charge in [-0.1, -0.05) is 30.3 Å². The summed E-state index contributed by atoms with van der Waals surface area (Å²) in [6.45, 7) is 5.04. The normalized spacial score (nSPS) is 29.1. The number of likely N-dealkylation sites (tertiary alicyclic amines) is 1. The minimum Gasteiger partial charge on any atom is -0.393 e. The average molecular weight is 275 g/mol. The fourth-order valence-corrected chi connectivity index (χ4v) is 3.45. The lowest BCUT2D eigenvalue weighted by molar-refractivity contribution is -0.00433. The average Bonchev–Trinajstić information content (AvgIpc) is 2.80. The third-order valence-electron chi connectivity index (χ3n) is 4.73. The number of nitrogens with zero attached hydrogens (tertiary/aromatic N) is 1. The predicted molar refractivity (Wildman–Crippen MR) is 79.4 cm³/mol. The summed E-state index contributed by atoms with van der Waals surface area (Å²) in [5.41, 5.74) is 1.25. The van der Waals surface area contributed by atoms with Crippen LogP contribution in [0.15, 0.2) is 30.3 Å². The highest BCUT2D eigenvalue weighted by atomic mass is 16.5. The fourth-order valence-electron chi connectivity index (χ4n) is 3.45. The zero-order valence-electron chi connectivity index (χ0n) is 12.1. The maximum atomic E-state index is 9.64. The molecule has 0 unspecified atom stereocenters. The third kappa shape index (κ3) is 3.40. The molecule has 1 aliphatic carbocycles. The van der Waals surface area contributed by atoms with E-state index in [0.717, 1.165) is 45.1 Å². The lowest BCUT2D eigenvalue weighted by Gasteiger charge is -2.35. The molecular weight excluding hydrogens is 250 g/mol. The minimum atomic E-state index is -0.0146. The van der Waals surface area contributed by atoms with Gasteiger partial charge < -0.3 is 14.7 Å². The van der Waals surface area contributed by atoms with Gasteiger partial charge in [0.05, 0.1) is 12.7 Å². The number of aliphatic hydroxyl groups excluding tert-OH is 1. The molecule has 1 N–H and O–H groups in total. The summed E-state index contributed by atoms with van der Waals surface area (Å²) in [6.07, 6.45) is 3.34. The molecule has 0 bridgehead atoms. The number of fused-ring (bicyclic) bond motifs is 1. The van der Waals surface area contributed by atoms with Crippen molar-refractivity contribution in [3.05, 3.63) is 35.9 Å². The highest BCUT2D eigenvalue weighted by Crippen LogP contribution is 2.40. The zero-order valence-corrected chi connectivity index (χ0v) is 12.1. The molecule has 1 saturated carbocycles. The van der Waals surface area contributed by atoms with E-state index < -0.39 is 0 Å². The number of ether oxygens (including phenoxy) is 1. The number of hydrogen-bond donors (Lipinski definition) is 1. The van der Waals surface area contributed by atoms with Crippen LogP contribution in [0.2, 0.25) is 0 Å². The molecule has 110 valence electrons. The number of aliphatic hydroxyl groups is 1. The van der Waals surface area contributed by atoms with E-state index in [1.54, 1.807) is 0 Å². The van der Waals surface area contributed by atoms with Crippen molar-refractivity contribution >= 4 is 0 Å². The molecule has 2 aliphatic rings. The van der Waals surface area contributed by atoms with Gasteiger partial charge in [-0.15, -0.1) is 0 Å². The summed E-state index contributed by atoms with van der Waals surface area (Å²) in [7, 11) is 0. The van der Waals surface area contributed by atoms with Crippen molar-refractivity contribution in [3.8, 4) is 0 Å². The van der Waals surface area contributed by atoms with Crippen molar-refractivity contribution in [3.63, 3.8) is 0 Å². The van der Waals surface area contributed by atoms with Gasteiger partial charge in [0.2, 0.25) is 0 Å². The van der Waals surface area contributed by atoms with E-state index in [4.69, 9.17) is 4.74 Å². The molecule has 1 saturated heterocycles. The first-order chi connectivity index (χ1) is 9.83. The van der Waals surface area contributed by atoms with Crippen molar-refractivity contribution in [2.24, 2.45) is 11.8 Å². The molecule has 0 amide bonds. The van der Waals surface area contributed by atoms with Crippen LogP contribution in [0.4, 0.5) is 0 Å². The second-order valence-electron chi connectivity index (χ2n) is 6.23. The summed E-state index contributed by atoms with van der Waals surface area (Å²) in [5, 5.41) is 9.64. The molecule has 3 atom stereocenters. The van der Waals surface area contributed by atoms with Crippen LogP contribution in [0.5, 0.6) is 0 Å². The topological polar surface area (TPSA) is 32.7 Å². The van der Waals surface area contributed by atoms with Crippen LogP contribution in [0.25, 0.3) is 0 Å². The molecule has 2 fully saturated rings. The maximum absolute atomic E-state index is 9.64. The molecule has 20 heavy (non-hydrogen) atoms. The van der Waals surface area contributed by atoms with Gasteiger partial charge in [0.25, 0.3) is 0 Å². The molecule has 1 aromatic rings. The highest BCUT2D eigenvalue weighted by Gasteiger charge is 2.45. The Labute approximate surface area is 121 Å². The Bertz CT molecular complexity index is 409. The van der Waals surface area contributed by atoms with Crippen LogP contribution in [0.3, 0.4) is 0 Å². The minimum absolute atomic E-state index is 0.0146. The molecule has 1 heterocycles. The van der Waals surface area contributed by atoms with Crippen molar-refractivity contribution in [2.45, 2.75) is 32.0 Å². The Hall–Kier alpha value is -0.900. The second-order valence-corrected chi connectivity index (χ2v) is 6.23. The van der Waals surface area contributed by atoms with Crippen LogP contribution in [-0.2, 0) is 11.3 Å². The molecule has 3 rings (SSSR count). The molecule has 0 radical (unpaired) electrons.